The molecule has 0 aliphatic carbocycles. The van der Waals surface area contributed by atoms with E-state index in [-0.39, 0.29) is 6.71 Å². The fraction of sp³-hybridized carbons (Fsp3) is 0.0952. The minimum absolute atomic E-state index is 0.0271. The third kappa shape index (κ3) is 4.78. The minimum atomic E-state index is 0.0271. The molecule has 0 amide bonds. The van der Waals surface area contributed by atoms with Gasteiger partial charge in [-0.1, -0.05) is 103 Å². The summed E-state index contributed by atoms with van der Waals surface area (Å²) in [5.74, 6) is 0. The number of aryl methyl sites for hydroxylation is 4. The van der Waals surface area contributed by atoms with Crippen LogP contribution in [0, 0.1) is 27.7 Å². The van der Waals surface area contributed by atoms with E-state index in [1.807, 2.05) is 12.4 Å². The Morgan fingerprint density at radius 1 is 0.500 bits per heavy atom. The maximum Gasteiger partial charge on any atom is 0.246 e. The Bertz CT molecular complexity index is 2290. The second-order valence-electron chi connectivity index (χ2n) is 12.6. The third-order valence-electron chi connectivity index (χ3n) is 9.26. The average Bonchev–Trinajstić information content (AvgIpc) is 3.07. The lowest BCUT2D eigenvalue weighted by atomic mass is 9.35. The molecule has 0 radical (unpaired) electrons. The fourth-order valence-corrected chi connectivity index (χ4v) is 7.22. The van der Waals surface area contributed by atoms with E-state index in [1.165, 1.54) is 60.8 Å². The predicted octanol–water partition coefficient (Wildman–Crippen LogP) is 8.50. The van der Waals surface area contributed by atoms with Gasteiger partial charge in [0.25, 0.3) is 0 Å². The van der Waals surface area contributed by atoms with Gasteiger partial charge in [0.2, 0.25) is 6.71 Å². The Hall–Kier alpha value is -5.48. The number of rotatable bonds is 4. The van der Waals surface area contributed by atoms with Crippen molar-refractivity contribution in [2.24, 2.45) is 0 Å². The number of hydrogen-bond donors (Lipinski definition) is 0. The predicted molar refractivity (Wildman–Crippen MR) is 195 cm³/mol. The first-order chi connectivity index (χ1) is 22.4. The molecule has 7 aromatic rings. The van der Waals surface area contributed by atoms with Crippen LogP contribution in [0.15, 0.2) is 134 Å². The molecule has 8 rings (SSSR count). The zero-order chi connectivity index (χ0) is 31.4. The highest BCUT2D eigenvalue weighted by Gasteiger charge is 2.35. The number of hydrogen-bond acceptors (Lipinski definition) is 3. The molecule has 3 heterocycles. The summed E-state index contributed by atoms with van der Waals surface area (Å²) in [6.07, 6.45) is 3.93. The molecule has 220 valence electrons. The average molecular weight is 592 g/mol. The van der Waals surface area contributed by atoms with Crippen LogP contribution in [0.1, 0.15) is 22.3 Å². The van der Waals surface area contributed by atoms with Gasteiger partial charge < -0.3 is 4.90 Å². The quantitative estimate of drug-likeness (QED) is 0.192. The van der Waals surface area contributed by atoms with Crippen LogP contribution in [0.2, 0.25) is 0 Å². The summed E-state index contributed by atoms with van der Waals surface area (Å²) in [5.41, 5.74) is 16.4. The van der Waals surface area contributed by atoms with Gasteiger partial charge in [0.1, 0.15) is 0 Å². The molecule has 2 aromatic heterocycles. The summed E-state index contributed by atoms with van der Waals surface area (Å²) >= 11 is 0. The van der Waals surface area contributed by atoms with Gasteiger partial charge in [-0.05, 0) is 101 Å². The number of fused-ring (bicyclic) bond motifs is 3. The number of nitrogens with zero attached hydrogens (tertiary/aromatic N) is 3. The molecule has 4 heteroatoms. The largest absolute Gasteiger partial charge is 0.312 e. The van der Waals surface area contributed by atoms with Crippen LogP contribution in [0.3, 0.4) is 0 Å². The second kappa shape index (κ2) is 11.2. The zero-order valence-corrected chi connectivity index (χ0v) is 26.6. The number of benzene rings is 5. The molecule has 0 saturated carbocycles. The molecule has 5 aromatic carbocycles. The Balaban J connectivity index is 1.37. The summed E-state index contributed by atoms with van der Waals surface area (Å²) in [6, 6.07) is 44.5. The highest BCUT2D eigenvalue weighted by atomic mass is 15.1. The van der Waals surface area contributed by atoms with Crippen LogP contribution in [0.4, 0.5) is 17.1 Å². The molecule has 1 aliphatic rings. The molecule has 3 nitrogen and oxygen atoms in total. The van der Waals surface area contributed by atoms with Crippen molar-refractivity contribution in [3.63, 3.8) is 0 Å². The van der Waals surface area contributed by atoms with Crippen molar-refractivity contribution >= 4 is 50.9 Å². The number of aromatic nitrogens is 2. The topological polar surface area (TPSA) is 29.0 Å². The van der Waals surface area contributed by atoms with E-state index in [0.29, 0.717) is 0 Å². The van der Waals surface area contributed by atoms with E-state index in [2.05, 4.69) is 154 Å². The van der Waals surface area contributed by atoms with Crippen molar-refractivity contribution in [1.82, 2.24) is 9.97 Å². The SMILES string of the molecule is Cc1cnc(-c2cccc(B3c4ccccc4N(c4ccc5ccccc5c4)c4ccc(-c5ncc(C)cc5C)cc43)c2)c(C)c1. The van der Waals surface area contributed by atoms with Gasteiger partial charge in [0.05, 0.1) is 11.4 Å². The number of para-hydroxylation sites is 1. The highest BCUT2D eigenvalue weighted by molar-refractivity contribution is 6.98. The molecular weight excluding hydrogens is 557 g/mol. The first-order valence-electron chi connectivity index (χ1n) is 15.9. The Kier molecular flexibility index (Phi) is 6.80. The molecule has 0 spiro atoms. The van der Waals surface area contributed by atoms with E-state index in [0.717, 1.165) is 28.2 Å². The molecule has 0 bridgehead atoms. The normalized spacial score (nSPS) is 12.3. The molecule has 0 saturated heterocycles. The van der Waals surface area contributed by atoms with Gasteiger partial charge in [-0.25, -0.2) is 0 Å². The molecular formula is C42H34BN3. The van der Waals surface area contributed by atoms with Gasteiger partial charge in [0.15, 0.2) is 0 Å². The zero-order valence-electron chi connectivity index (χ0n) is 26.6. The van der Waals surface area contributed by atoms with Crippen LogP contribution >= 0.6 is 0 Å². The Labute approximate surface area is 271 Å². The third-order valence-corrected chi connectivity index (χ3v) is 9.26. The summed E-state index contributed by atoms with van der Waals surface area (Å²) in [6.45, 7) is 8.53. The summed E-state index contributed by atoms with van der Waals surface area (Å²) in [5, 5.41) is 2.47. The molecule has 0 unspecified atom stereocenters. The Morgan fingerprint density at radius 2 is 1.15 bits per heavy atom. The van der Waals surface area contributed by atoms with Gasteiger partial charge >= 0.3 is 0 Å². The lowest BCUT2D eigenvalue weighted by molar-refractivity contribution is 1.22. The summed E-state index contributed by atoms with van der Waals surface area (Å²) in [7, 11) is 0. The monoisotopic (exact) mass is 591 g/mol. The van der Waals surface area contributed by atoms with Gasteiger partial charge in [-0.2, -0.15) is 0 Å². The molecule has 0 atom stereocenters. The van der Waals surface area contributed by atoms with E-state index in [1.54, 1.807) is 0 Å². The second-order valence-corrected chi connectivity index (χ2v) is 12.6. The molecule has 1 aliphatic heterocycles. The van der Waals surface area contributed by atoms with Crippen molar-refractivity contribution in [3.05, 3.63) is 156 Å². The first-order valence-corrected chi connectivity index (χ1v) is 15.9. The van der Waals surface area contributed by atoms with Crippen molar-refractivity contribution in [2.45, 2.75) is 27.7 Å². The fourth-order valence-electron chi connectivity index (χ4n) is 7.22. The van der Waals surface area contributed by atoms with E-state index >= 15 is 0 Å². The van der Waals surface area contributed by atoms with Crippen molar-refractivity contribution in [1.29, 1.82) is 0 Å². The molecule has 46 heavy (non-hydrogen) atoms. The van der Waals surface area contributed by atoms with E-state index in [4.69, 9.17) is 9.97 Å². The summed E-state index contributed by atoms with van der Waals surface area (Å²) in [4.78, 5) is 12.2. The number of pyridine rings is 2. The molecule has 0 fully saturated rings. The molecule has 0 N–H and O–H groups in total. The van der Waals surface area contributed by atoms with Crippen molar-refractivity contribution < 1.29 is 0 Å². The van der Waals surface area contributed by atoms with Crippen LogP contribution in [0.5, 0.6) is 0 Å². The number of anilines is 3. The smallest absolute Gasteiger partial charge is 0.246 e. The van der Waals surface area contributed by atoms with Crippen molar-refractivity contribution in [3.8, 4) is 22.5 Å². The van der Waals surface area contributed by atoms with E-state index in [9.17, 15) is 0 Å². The standard InChI is InChI=1S/C42H34BN3/c1-27-20-29(3)41(44-25-27)33-12-9-13-35(22-33)43-37-14-7-8-15-39(37)46(36-18-16-31-10-5-6-11-32(31)23-36)40-19-17-34(24-38(40)43)42-30(4)21-28(2)26-45-42/h5-26H,1-4H3. The van der Waals surface area contributed by atoms with Crippen molar-refractivity contribution in [2.75, 3.05) is 4.90 Å². The maximum atomic E-state index is 4.90. The van der Waals surface area contributed by atoms with Crippen LogP contribution in [-0.2, 0) is 0 Å². The maximum absolute atomic E-state index is 4.90. The highest BCUT2D eigenvalue weighted by Crippen LogP contribution is 2.38. The van der Waals surface area contributed by atoms with Crippen LogP contribution < -0.4 is 21.3 Å². The van der Waals surface area contributed by atoms with Crippen LogP contribution in [-0.4, -0.2) is 16.7 Å². The Morgan fingerprint density at radius 3 is 1.89 bits per heavy atom. The first kappa shape index (κ1) is 28.0. The van der Waals surface area contributed by atoms with Gasteiger partial charge in [0, 0.05) is 35.0 Å². The summed E-state index contributed by atoms with van der Waals surface area (Å²) < 4.78 is 0. The van der Waals surface area contributed by atoms with Gasteiger partial charge in [-0.15, -0.1) is 0 Å². The lowest BCUT2D eigenvalue weighted by Gasteiger charge is -2.37. The lowest BCUT2D eigenvalue weighted by Crippen LogP contribution is -2.57. The minimum Gasteiger partial charge on any atom is -0.312 e. The van der Waals surface area contributed by atoms with Gasteiger partial charge in [-0.3, -0.25) is 9.97 Å². The van der Waals surface area contributed by atoms with E-state index < -0.39 is 0 Å². The van der Waals surface area contributed by atoms with Crippen LogP contribution in [0.25, 0.3) is 33.3 Å².